The van der Waals surface area contributed by atoms with Crippen LogP contribution in [0.3, 0.4) is 0 Å². The van der Waals surface area contributed by atoms with Crippen molar-refractivity contribution in [3.05, 3.63) is 83.9 Å². The fraction of sp³-hybridized carbons (Fsp3) is 0.240. The maximum absolute atomic E-state index is 13.6. The first-order chi connectivity index (χ1) is 15.4. The van der Waals surface area contributed by atoms with E-state index in [9.17, 15) is 13.2 Å². The number of rotatable bonds is 3. The normalized spacial score (nSPS) is 19.8. The van der Waals surface area contributed by atoms with Crippen molar-refractivity contribution in [2.75, 3.05) is 15.7 Å². The van der Waals surface area contributed by atoms with Crippen molar-refractivity contribution in [3.8, 4) is 5.75 Å². The highest BCUT2D eigenvalue weighted by molar-refractivity contribution is 7.92. The van der Waals surface area contributed by atoms with Gasteiger partial charge in [0.25, 0.3) is 15.9 Å². The Balaban J connectivity index is 1.53. The quantitative estimate of drug-likeness (QED) is 0.609. The van der Waals surface area contributed by atoms with E-state index in [2.05, 4.69) is 0 Å². The van der Waals surface area contributed by atoms with Gasteiger partial charge in [0.15, 0.2) is 6.10 Å². The lowest BCUT2D eigenvalue weighted by atomic mass is 10.1. The molecule has 3 aromatic carbocycles. The van der Waals surface area contributed by atoms with E-state index in [1.165, 1.54) is 4.31 Å². The van der Waals surface area contributed by atoms with Gasteiger partial charge in [-0.2, -0.15) is 0 Å². The van der Waals surface area contributed by atoms with Gasteiger partial charge in [0.2, 0.25) is 0 Å². The summed E-state index contributed by atoms with van der Waals surface area (Å²) in [4.78, 5) is 15.5. The predicted molar refractivity (Wildman–Crippen MR) is 124 cm³/mol. The van der Waals surface area contributed by atoms with Crippen molar-refractivity contribution in [3.63, 3.8) is 0 Å². The summed E-state index contributed by atoms with van der Waals surface area (Å²) in [7, 11) is -3.87. The summed E-state index contributed by atoms with van der Waals surface area (Å²) in [5.41, 5.74) is 3.38. The van der Waals surface area contributed by atoms with Crippen LogP contribution in [0, 0.1) is 6.92 Å². The fourth-order valence-corrected chi connectivity index (χ4v) is 5.93. The maximum atomic E-state index is 13.6. The summed E-state index contributed by atoms with van der Waals surface area (Å²) < 4.78 is 34.5. The highest BCUT2D eigenvalue weighted by Gasteiger charge is 2.42. The zero-order chi connectivity index (χ0) is 22.5. The molecule has 0 bridgehead atoms. The molecule has 2 heterocycles. The number of ether oxygens (including phenoxy) is 1. The van der Waals surface area contributed by atoms with E-state index < -0.39 is 16.1 Å². The molecule has 0 spiro atoms. The molecule has 7 heteroatoms. The van der Waals surface area contributed by atoms with Crippen LogP contribution < -0.4 is 13.9 Å². The third-order valence-electron chi connectivity index (χ3n) is 6.06. The van der Waals surface area contributed by atoms with Gasteiger partial charge in [-0.25, -0.2) is 8.42 Å². The molecule has 0 fully saturated rings. The van der Waals surface area contributed by atoms with E-state index in [-0.39, 0.29) is 23.4 Å². The number of fused-ring (bicyclic) bond motifs is 2. The van der Waals surface area contributed by atoms with Crippen molar-refractivity contribution in [2.24, 2.45) is 0 Å². The van der Waals surface area contributed by atoms with Gasteiger partial charge in [-0.05, 0) is 56.2 Å². The third kappa shape index (κ3) is 3.33. The summed E-state index contributed by atoms with van der Waals surface area (Å²) in [5.74, 6) is 0.147. The minimum atomic E-state index is -3.87. The Morgan fingerprint density at radius 3 is 2.34 bits per heavy atom. The number of nitrogens with zero attached hydrogens (tertiary/aromatic N) is 2. The molecule has 32 heavy (non-hydrogen) atoms. The number of sulfonamides is 1. The molecule has 0 aliphatic carbocycles. The zero-order valence-corrected chi connectivity index (χ0v) is 18.7. The molecule has 164 valence electrons. The van der Waals surface area contributed by atoms with E-state index >= 15 is 0 Å². The van der Waals surface area contributed by atoms with Crippen molar-refractivity contribution < 1.29 is 17.9 Å². The number of anilines is 2. The first-order valence-electron chi connectivity index (χ1n) is 10.6. The second-order valence-electron chi connectivity index (χ2n) is 8.31. The molecule has 0 saturated carbocycles. The maximum Gasteiger partial charge on any atom is 0.270 e. The second kappa shape index (κ2) is 7.67. The van der Waals surface area contributed by atoms with Gasteiger partial charge in [0.1, 0.15) is 5.75 Å². The van der Waals surface area contributed by atoms with Crippen LogP contribution in [0.25, 0.3) is 0 Å². The minimum absolute atomic E-state index is 0.0252. The van der Waals surface area contributed by atoms with Crippen LogP contribution >= 0.6 is 0 Å². The predicted octanol–water partition coefficient (Wildman–Crippen LogP) is 3.93. The van der Waals surface area contributed by atoms with Crippen LogP contribution in [0.15, 0.2) is 77.7 Å². The molecule has 5 rings (SSSR count). The highest BCUT2D eigenvalue weighted by atomic mass is 32.2. The minimum Gasteiger partial charge on any atom is -0.476 e. The van der Waals surface area contributed by atoms with Crippen molar-refractivity contribution in [1.82, 2.24) is 0 Å². The molecule has 2 aliphatic rings. The van der Waals surface area contributed by atoms with E-state index in [0.29, 0.717) is 11.4 Å². The topological polar surface area (TPSA) is 66.9 Å². The van der Waals surface area contributed by atoms with Gasteiger partial charge in [0.05, 0.1) is 17.1 Å². The lowest BCUT2D eigenvalue weighted by molar-refractivity contribution is -0.125. The van der Waals surface area contributed by atoms with Crippen molar-refractivity contribution in [2.45, 2.75) is 37.3 Å². The van der Waals surface area contributed by atoms with Crippen LogP contribution in [0.2, 0.25) is 0 Å². The number of amides is 1. The van der Waals surface area contributed by atoms with Crippen molar-refractivity contribution in [1.29, 1.82) is 0 Å². The molecule has 0 N–H and O–H groups in total. The number of hydrogen-bond acceptors (Lipinski definition) is 4. The third-order valence-corrected chi connectivity index (χ3v) is 7.86. The molecule has 2 aliphatic heterocycles. The van der Waals surface area contributed by atoms with Crippen LogP contribution in [-0.4, -0.2) is 33.0 Å². The van der Waals surface area contributed by atoms with Crippen LogP contribution in [-0.2, 0) is 21.2 Å². The lowest BCUT2D eigenvalue weighted by Crippen LogP contribution is -2.53. The lowest BCUT2D eigenvalue weighted by Gasteiger charge is -2.37. The number of hydrogen-bond donors (Lipinski definition) is 0. The van der Waals surface area contributed by atoms with Gasteiger partial charge in [-0.1, -0.05) is 48.0 Å². The Labute approximate surface area is 188 Å². The summed E-state index contributed by atoms with van der Waals surface area (Å²) in [6, 6.07) is 21.5. The molecule has 0 radical (unpaired) electrons. The first-order valence-corrected chi connectivity index (χ1v) is 12.1. The standard InChI is InChI=1S/C25H24N2O4S/c1-17-11-13-20(14-12-17)32(29,30)26-16-24(31-23-10-6-5-9-22(23)26)25(28)27-18(2)15-19-7-3-4-8-21(19)27/h3-14,18,24H,15-16H2,1-2H3/t18-,24+/m1/s1. The Kier molecular flexibility index (Phi) is 4.93. The van der Waals surface area contributed by atoms with Gasteiger partial charge in [-0.15, -0.1) is 0 Å². The molecule has 0 unspecified atom stereocenters. The number of carbonyl (C=O) groups excluding carboxylic acids is 1. The molecule has 3 aromatic rings. The molecule has 1 amide bonds. The Bertz CT molecular complexity index is 1290. The highest BCUT2D eigenvalue weighted by Crippen LogP contribution is 2.39. The molecule has 2 atom stereocenters. The van der Waals surface area contributed by atoms with Crippen LogP contribution in [0.4, 0.5) is 11.4 Å². The Morgan fingerprint density at radius 1 is 0.938 bits per heavy atom. The summed E-state index contributed by atoms with van der Waals surface area (Å²) in [5, 5.41) is 0. The van der Waals surface area contributed by atoms with Gasteiger partial charge >= 0.3 is 0 Å². The number of aryl methyl sites for hydroxylation is 1. The SMILES string of the molecule is Cc1ccc(S(=O)(=O)N2C[C@@H](C(=O)N3c4ccccc4C[C@H]3C)Oc3ccccc32)cc1. The molecular formula is C25H24N2O4S. The monoisotopic (exact) mass is 448 g/mol. The second-order valence-corrected chi connectivity index (χ2v) is 10.2. The summed E-state index contributed by atoms with van der Waals surface area (Å²) in [6.07, 6.45) is -0.185. The van der Waals surface area contributed by atoms with E-state index in [1.54, 1.807) is 53.4 Å². The van der Waals surface area contributed by atoms with Gasteiger partial charge < -0.3 is 9.64 Å². The number of para-hydroxylation sites is 3. The van der Waals surface area contributed by atoms with Crippen LogP contribution in [0.1, 0.15) is 18.1 Å². The number of carbonyl (C=O) groups is 1. The first kappa shape index (κ1) is 20.6. The zero-order valence-electron chi connectivity index (χ0n) is 17.9. The van der Waals surface area contributed by atoms with E-state index in [4.69, 9.17) is 4.74 Å². The average Bonchev–Trinajstić information content (AvgIpc) is 3.13. The van der Waals surface area contributed by atoms with Crippen LogP contribution in [0.5, 0.6) is 5.75 Å². The fourth-order valence-electron chi connectivity index (χ4n) is 4.45. The average molecular weight is 449 g/mol. The molecule has 6 nitrogen and oxygen atoms in total. The smallest absolute Gasteiger partial charge is 0.270 e. The Hall–Kier alpha value is -3.32. The summed E-state index contributed by atoms with van der Waals surface area (Å²) >= 11 is 0. The molecular weight excluding hydrogens is 424 g/mol. The van der Waals surface area contributed by atoms with E-state index in [1.807, 2.05) is 38.1 Å². The molecule has 0 saturated heterocycles. The van der Waals surface area contributed by atoms with Crippen molar-refractivity contribution >= 4 is 27.3 Å². The Morgan fingerprint density at radius 2 is 1.59 bits per heavy atom. The number of benzene rings is 3. The summed E-state index contributed by atoms with van der Waals surface area (Å²) in [6.45, 7) is 3.82. The largest absolute Gasteiger partial charge is 0.476 e. The molecule has 0 aromatic heterocycles. The van der Waals surface area contributed by atoms with Gasteiger partial charge in [0, 0.05) is 11.7 Å². The van der Waals surface area contributed by atoms with Gasteiger partial charge in [-0.3, -0.25) is 9.10 Å². The van der Waals surface area contributed by atoms with E-state index in [0.717, 1.165) is 23.2 Å².